The molecule has 98 valence electrons. The fourth-order valence-corrected chi connectivity index (χ4v) is 1.93. The lowest BCUT2D eigenvalue weighted by atomic mass is 10.1. The van der Waals surface area contributed by atoms with E-state index in [0.717, 1.165) is 31.6 Å². The van der Waals surface area contributed by atoms with E-state index in [0.29, 0.717) is 17.9 Å². The molecular weight excluding hydrogens is 232 g/mol. The van der Waals surface area contributed by atoms with E-state index in [9.17, 15) is 4.79 Å². The molecule has 4 N–H and O–H groups in total. The SMILES string of the molecule is NC(=O)c1ccc(COC2CCOCC2)c(N)c1. The highest BCUT2D eigenvalue weighted by atomic mass is 16.5. The molecule has 1 saturated heterocycles. The van der Waals surface area contributed by atoms with E-state index in [2.05, 4.69) is 0 Å². The standard InChI is InChI=1S/C13H18N2O3/c14-12-7-9(13(15)16)1-2-10(12)8-18-11-3-5-17-6-4-11/h1-2,7,11H,3-6,8,14H2,(H2,15,16). The van der Waals surface area contributed by atoms with Gasteiger partial charge in [-0.2, -0.15) is 0 Å². The van der Waals surface area contributed by atoms with Crippen LogP contribution in [0.2, 0.25) is 0 Å². The van der Waals surface area contributed by atoms with Crippen LogP contribution in [-0.2, 0) is 16.1 Å². The second kappa shape index (κ2) is 5.84. The van der Waals surface area contributed by atoms with Crippen molar-refractivity contribution in [1.82, 2.24) is 0 Å². The third-order valence-corrected chi connectivity index (χ3v) is 3.07. The fraction of sp³-hybridized carbons (Fsp3) is 0.462. The summed E-state index contributed by atoms with van der Waals surface area (Å²) in [4.78, 5) is 11.0. The summed E-state index contributed by atoms with van der Waals surface area (Å²) in [5.74, 6) is -0.474. The van der Waals surface area contributed by atoms with Crippen molar-refractivity contribution < 1.29 is 14.3 Å². The lowest BCUT2D eigenvalue weighted by Crippen LogP contribution is -2.23. The third-order valence-electron chi connectivity index (χ3n) is 3.07. The van der Waals surface area contributed by atoms with Crippen molar-refractivity contribution in [3.05, 3.63) is 29.3 Å². The molecule has 1 heterocycles. The van der Waals surface area contributed by atoms with Gasteiger partial charge in [0, 0.05) is 30.0 Å². The lowest BCUT2D eigenvalue weighted by molar-refractivity contribution is -0.0389. The van der Waals surface area contributed by atoms with E-state index in [4.69, 9.17) is 20.9 Å². The van der Waals surface area contributed by atoms with Gasteiger partial charge >= 0.3 is 0 Å². The zero-order valence-corrected chi connectivity index (χ0v) is 10.2. The Kier molecular flexibility index (Phi) is 4.17. The first-order chi connectivity index (χ1) is 8.66. The summed E-state index contributed by atoms with van der Waals surface area (Å²) in [6, 6.07) is 5.04. The van der Waals surface area contributed by atoms with Gasteiger partial charge < -0.3 is 20.9 Å². The molecule has 0 atom stereocenters. The van der Waals surface area contributed by atoms with E-state index in [1.807, 2.05) is 0 Å². The van der Waals surface area contributed by atoms with Crippen molar-refractivity contribution >= 4 is 11.6 Å². The summed E-state index contributed by atoms with van der Waals surface area (Å²) < 4.78 is 11.0. The highest BCUT2D eigenvalue weighted by molar-refractivity contribution is 5.93. The van der Waals surface area contributed by atoms with Crippen LogP contribution in [0.25, 0.3) is 0 Å². The van der Waals surface area contributed by atoms with Crippen LogP contribution in [0.4, 0.5) is 5.69 Å². The zero-order valence-electron chi connectivity index (χ0n) is 10.2. The number of anilines is 1. The van der Waals surface area contributed by atoms with Crippen molar-refractivity contribution in [1.29, 1.82) is 0 Å². The molecule has 0 bridgehead atoms. The number of benzene rings is 1. The lowest BCUT2D eigenvalue weighted by Gasteiger charge is -2.22. The molecule has 0 aliphatic carbocycles. The first-order valence-corrected chi connectivity index (χ1v) is 6.04. The Bertz CT molecular complexity index is 428. The third kappa shape index (κ3) is 3.21. The van der Waals surface area contributed by atoms with Gasteiger partial charge in [-0.1, -0.05) is 6.07 Å². The summed E-state index contributed by atoms with van der Waals surface area (Å²) in [7, 11) is 0. The molecular formula is C13H18N2O3. The minimum atomic E-state index is -0.474. The van der Waals surface area contributed by atoms with Gasteiger partial charge in [-0.15, -0.1) is 0 Å². The minimum absolute atomic E-state index is 0.231. The fourth-order valence-electron chi connectivity index (χ4n) is 1.93. The number of hydrogen-bond acceptors (Lipinski definition) is 4. The maximum absolute atomic E-state index is 11.0. The smallest absolute Gasteiger partial charge is 0.248 e. The van der Waals surface area contributed by atoms with E-state index in [-0.39, 0.29) is 6.10 Å². The normalized spacial score (nSPS) is 16.7. The number of nitrogens with two attached hydrogens (primary N) is 2. The number of primary amides is 1. The van der Waals surface area contributed by atoms with Crippen LogP contribution < -0.4 is 11.5 Å². The van der Waals surface area contributed by atoms with Crippen LogP contribution in [0.5, 0.6) is 0 Å². The van der Waals surface area contributed by atoms with Gasteiger partial charge in [-0.05, 0) is 25.0 Å². The van der Waals surface area contributed by atoms with Gasteiger partial charge in [0.1, 0.15) is 0 Å². The molecule has 2 rings (SSSR count). The average Bonchev–Trinajstić information content (AvgIpc) is 2.38. The van der Waals surface area contributed by atoms with Crippen molar-refractivity contribution in [3.63, 3.8) is 0 Å². The van der Waals surface area contributed by atoms with Gasteiger partial charge in [0.2, 0.25) is 5.91 Å². The molecule has 1 amide bonds. The quantitative estimate of drug-likeness (QED) is 0.782. The molecule has 1 aromatic rings. The van der Waals surface area contributed by atoms with Crippen LogP contribution >= 0.6 is 0 Å². The predicted molar refractivity (Wildman–Crippen MR) is 68.0 cm³/mol. The number of ether oxygens (including phenoxy) is 2. The molecule has 0 saturated carbocycles. The zero-order chi connectivity index (χ0) is 13.0. The van der Waals surface area contributed by atoms with Crippen molar-refractivity contribution in [2.24, 2.45) is 5.73 Å². The molecule has 5 nitrogen and oxygen atoms in total. The number of rotatable bonds is 4. The molecule has 0 spiro atoms. The molecule has 0 aromatic heterocycles. The summed E-state index contributed by atoms with van der Waals surface area (Å²) in [6.07, 6.45) is 2.06. The molecule has 1 aliphatic rings. The Labute approximate surface area is 106 Å². The first kappa shape index (κ1) is 12.9. The van der Waals surface area contributed by atoms with Gasteiger partial charge in [-0.3, -0.25) is 4.79 Å². The maximum atomic E-state index is 11.0. The Morgan fingerprint density at radius 1 is 1.39 bits per heavy atom. The summed E-state index contributed by atoms with van der Waals surface area (Å²) in [5, 5.41) is 0. The van der Waals surface area contributed by atoms with Crippen LogP contribution in [-0.4, -0.2) is 25.2 Å². The summed E-state index contributed by atoms with van der Waals surface area (Å²) in [6.45, 7) is 1.96. The Morgan fingerprint density at radius 3 is 2.72 bits per heavy atom. The van der Waals surface area contributed by atoms with E-state index in [1.165, 1.54) is 0 Å². The predicted octanol–water partition coefficient (Wildman–Crippen LogP) is 1.06. The number of carbonyl (C=O) groups excluding carboxylic acids is 1. The Hall–Kier alpha value is -1.59. The van der Waals surface area contributed by atoms with Crippen LogP contribution in [0, 0.1) is 0 Å². The minimum Gasteiger partial charge on any atom is -0.398 e. The topological polar surface area (TPSA) is 87.6 Å². The van der Waals surface area contributed by atoms with Crippen molar-refractivity contribution in [2.45, 2.75) is 25.6 Å². The van der Waals surface area contributed by atoms with Crippen molar-refractivity contribution in [2.75, 3.05) is 18.9 Å². The highest BCUT2D eigenvalue weighted by Crippen LogP contribution is 2.18. The second-order valence-electron chi connectivity index (χ2n) is 4.40. The number of amides is 1. The summed E-state index contributed by atoms with van der Waals surface area (Å²) in [5.41, 5.74) is 12.9. The maximum Gasteiger partial charge on any atom is 0.248 e. The molecule has 1 fully saturated rings. The van der Waals surface area contributed by atoms with Crippen LogP contribution in [0.15, 0.2) is 18.2 Å². The number of nitrogen functional groups attached to an aromatic ring is 1. The molecule has 0 radical (unpaired) electrons. The van der Waals surface area contributed by atoms with E-state index >= 15 is 0 Å². The average molecular weight is 250 g/mol. The van der Waals surface area contributed by atoms with Crippen LogP contribution in [0.3, 0.4) is 0 Å². The van der Waals surface area contributed by atoms with Crippen molar-refractivity contribution in [3.8, 4) is 0 Å². The Balaban J connectivity index is 1.94. The highest BCUT2D eigenvalue weighted by Gasteiger charge is 2.14. The van der Waals surface area contributed by atoms with E-state index in [1.54, 1.807) is 18.2 Å². The molecule has 1 aromatic carbocycles. The largest absolute Gasteiger partial charge is 0.398 e. The summed E-state index contributed by atoms with van der Waals surface area (Å²) >= 11 is 0. The van der Waals surface area contributed by atoms with Gasteiger partial charge in [0.25, 0.3) is 0 Å². The molecule has 1 aliphatic heterocycles. The number of carbonyl (C=O) groups is 1. The molecule has 5 heteroatoms. The van der Waals surface area contributed by atoms with E-state index < -0.39 is 5.91 Å². The van der Waals surface area contributed by atoms with Gasteiger partial charge in [0.05, 0.1) is 12.7 Å². The first-order valence-electron chi connectivity index (χ1n) is 6.04. The number of hydrogen-bond donors (Lipinski definition) is 2. The monoisotopic (exact) mass is 250 g/mol. The Morgan fingerprint density at radius 2 is 2.11 bits per heavy atom. The van der Waals surface area contributed by atoms with Gasteiger partial charge in [-0.25, -0.2) is 0 Å². The molecule has 0 unspecified atom stereocenters. The molecule has 18 heavy (non-hydrogen) atoms. The second-order valence-corrected chi connectivity index (χ2v) is 4.40. The van der Waals surface area contributed by atoms with Crippen LogP contribution in [0.1, 0.15) is 28.8 Å². The van der Waals surface area contributed by atoms with Gasteiger partial charge in [0.15, 0.2) is 0 Å².